The Balaban J connectivity index is 2.66. The van der Waals surface area contributed by atoms with Crippen molar-refractivity contribution in [1.82, 2.24) is 0 Å². The van der Waals surface area contributed by atoms with Gasteiger partial charge in [-0.05, 0) is 25.3 Å². The minimum Gasteiger partial charge on any atom is -0.493 e. The minimum absolute atomic E-state index is 0.0353. The van der Waals surface area contributed by atoms with E-state index in [1.54, 1.807) is 20.3 Å². The molecule has 0 aliphatic heterocycles. The molecule has 1 aromatic rings. The zero-order chi connectivity index (χ0) is 12.6. The van der Waals surface area contributed by atoms with Crippen molar-refractivity contribution in [1.29, 1.82) is 0 Å². The van der Waals surface area contributed by atoms with Gasteiger partial charge < -0.3 is 15.2 Å². The maximum atomic E-state index is 6.24. The van der Waals surface area contributed by atoms with Crippen LogP contribution in [0.1, 0.15) is 24.0 Å². The molecular formula is C13H18ClNO2. The Kier molecular flexibility index (Phi) is 3.23. The molecule has 0 radical (unpaired) electrons. The molecule has 0 heterocycles. The molecule has 0 aromatic heterocycles. The Morgan fingerprint density at radius 2 is 2.00 bits per heavy atom. The van der Waals surface area contributed by atoms with Gasteiger partial charge in [0.05, 0.1) is 14.2 Å². The fraction of sp³-hybridized carbons (Fsp3) is 0.538. The fourth-order valence-corrected chi connectivity index (χ4v) is 2.60. The normalized spacial score (nSPS) is 16.8. The maximum absolute atomic E-state index is 6.24. The summed E-state index contributed by atoms with van der Waals surface area (Å²) in [7, 11) is 3.27. The van der Waals surface area contributed by atoms with Crippen LogP contribution >= 0.6 is 11.6 Å². The highest BCUT2D eigenvalue weighted by molar-refractivity contribution is 6.31. The molecule has 1 aliphatic carbocycles. The first-order valence-electron chi connectivity index (χ1n) is 5.71. The largest absolute Gasteiger partial charge is 0.493 e. The second-order valence-electron chi connectivity index (χ2n) is 4.58. The van der Waals surface area contributed by atoms with E-state index in [4.69, 9.17) is 26.8 Å². The van der Waals surface area contributed by atoms with Crippen LogP contribution in [0.15, 0.2) is 6.07 Å². The molecular weight excluding hydrogens is 238 g/mol. The maximum Gasteiger partial charge on any atom is 0.164 e. The van der Waals surface area contributed by atoms with Crippen LogP contribution in [0.25, 0.3) is 0 Å². The fourth-order valence-electron chi connectivity index (χ4n) is 2.40. The van der Waals surface area contributed by atoms with Crippen LogP contribution in [0.3, 0.4) is 0 Å². The average Bonchev–Trinajstić information content (AvgIpc) is 3.12. The molecule has 1 saturated carbocycles. The van der Waals surface area contributed by atoms with Crippen molar-refractivity contribution < 1.29 is 9.47 Å². The van der Waals surface area contributed by atoms with Gasteiger partial charge in [-0.1, -0.05) is 11.6 Å². The molecule has 1 fully saturated rings. The molecule has 0 bridgehead atoms. The Hall–Kier alpha value is -0.930. The number of methoxy groups -OCH3 is 2. The van der Waals surface area contributed by atoms with Gasteiger partial charge in [0.25, 0.3) is 0 Å². The minimum atomic E-state index is 0.0353. The van der Waals surface area contributed by atoms with E-state index in [1.165, 1.54) is 0 Å². The molecule has 0 unspecified atom stereocenters. The highest BCUT2D eigenvalue weighted by Gasteiger charge is 2.47. The monoisotopic (exact) mass is 255 g/mol. The van der Waals surface area contributed by atoms with E-state index in [-0.39, 0.29) is 5.41 Å². The van der Waals surface area contributed by atoms with Crippen molar-refractivity contribution in [3.63, 3.8) is 0 Å². The lowest BCUT2D eigenvalue weighted by Crippen LogP contribution is -2.22. The molecule has 1 aromatic carbocycles. The van der Waals surface area contributed by atoms with Gasteiger partial charge in [-0.25, -0.2) is 0 Å². The van der Waals surface area contributed by atoms with Crippen molar-refractivity contribution in [2.75, 3.05) is 20.8 Å². The summed E-state index contributed by atoms with van der Waals surface area (Å²) in [6.07, 6.45) is 2.17. The summed E-state index contributed by atoms with van der Waals surface area (Å²) >= 11 is 6.24. The lowest BCUT2D eigenvalue weighted by Gasteiger charge is -2.22. The number of nitrogens with two attached hydrogens (primary N) is 1. The van der Waals surface area contributed by atoms with Crippen LogP contribution in [-0.2, 0) is 5.41 Å². The predicted molar refractivity (Wildman–Crippen MR) is 69.3 cm³/mol. The molecule has 1 aliphatic rings. The number of hydrogen-bond acceptors (Lipinski definition) is 3. The van der Waals surface area contributed by atoms with Crippen molar-refractivity contribution >= 4 is 11.6 Å². The van der Waals surface area contributed by atoms with Crippen LogP contribution in [-0.4, -0.2) is 20.8 Å². The number of benzene rings is 1. The van der Waals surface area contributed by atoms with Crippen LogP contribution in [0.2, 0.25) is 5.02 Å². The number of hydrogen-bond donors (Lipinski definition) is 1. The molecule has 0 atom stereocenters. The van der Waals surface area contributed by atoms with Crippen LogP contribution < -0.4 is 15.2 Å². The lowest BCUT2D eigenvalue weighted by molar-refractivity contribution is 0.348. The number of halogens is 1. The smallest absolute Gasteiger partial charge is 0.164 e. The second kappa shape index (κ2) is 4.39. The summed E-state index contributed by atoms with van der Waals surface area (Å²) in [5, 5.41) is 0.706. The highest BCUT2D eigenvalue weighted by atomic mass is 35.5. The summed E-state index contributed by atoms with van der Waals surface area (Å²) in [5.41, 5.74) is 8.10. The van der Waals surface area contributed by atoms with Gasteiger partial charge in [0, 0.05) is 28.6 Å². The third kappa shape index (κ3) is 1.87. The Labute approximate surface area is 107 Å². The molecule has 94 valence electrons. The summed E-state index contributed by atoms with van der Waals surface area (Å²) < 4.78 is 10.8. The van der Waals surface area contributed by atoms with E-state index in [0.717, 1.165) is 29.7 Å². The predicted octanol–water partition coefficient (Wildman–Crippen LogP) is 2.66. The third-order valence-corrected chi connectivity index (χ3v) is 4.03. The quantitative estimate of drug-likeness (QED) is 0.900. The van der Waals surface area contributed by atoms with E-state index < -0.39 is 0 Å². The van der Waals surface area contributed by atoms with E-state index >= 15 is 0 Å². The van der Waals surface area contributed by atoms with Crippen molar-refractivity contribution in [2.24, 2.45) is 5.73 Å². The third-order valence-electron chi connectivity index (χ3n) is 3.64. The van der Waals surface area contributed by atoms with Crippen molar-refractivity contribution in [3.8, 4) is 11.5 Å². The van der Waals surface area contributed by atoms with Crippen LogP contribution in [0.4, 0.5) is 0 Å². The Morgan fingerprint density at radius 3 is 2.41 bits per heavy atom. The van der Waals surface area contributed by atoms with Crippen LogP contribution in [0.5, 0.6) is 11.5 Å². The zero-order valence-corrected chi connectivity index (χ0v) is 11.2. The molecule has 0 saturated heterocycles. The van der Waals surface area contributed by atoms with Crippen molar-refractivity contribution in [3.05, 3.63) is 22.2 Å². The molecule has 0 spiro atoms. The highest BCUT2D eigenvalue weighted by Crippen LogP contribution is 2.55. The molecule has 2 N–H and O–H groups in total. The molecule has 2 rings (SSSR count). The standard InChI is InChI=1S/C13H18ClNO2/c1-8-9(14)6-10(16-2)12(17-3)11(8)13(7-15)4-5-13/h6H,4-5,7,15H2,1-3H3. The number of ether oxygens (including phenoxy) is 2. The first-order chi connectivity index (χ1) is 8.09. The summed E-state index contributed by atoms with van der Waals surface area (Å²) in [4.78, 5) is 0. The second-order valence-corrected chi connectivity index (χ2v) is 4.99. The molecule has 17 heavy (non-hydrogen) atoms. The number of rotatable bonds is 4. The summed E-state index contributed by atoms with van der Waals surface area (Å²) in [6.45, 7) is 2.63. The van der Waals surface area contributed by atoms with Gasteiger partial charge >= 0.3 is 0 Å². The molecule has 0 amide bonds. The SMILES string of the molecule is COc1cc(Cl)c(C)c(C2(CN)CC2)c1OC. The molecule has 4 heteroatoms. The van der Waals surface area contributed by atoms with E-state index in [1.807, 2.05) is 6.92 Å². The molecule has 3 nitrogen and oxygen atoms in total. The Morgan fingerprint density at radius 1 is 1.35 bits per heavy atom. The summed E-state index contributed by atoms with van der Waals surface area (Å²) in [6, 6.07) is 1.80. The first-order valence-corrected chi connectivity index (χ1v) is 6.09. The van der Waals surface area contributed by atoms with Gasteiger partial charge in [0.2, 0.25) is 0 Å². The average molecular weight is 256 g/mol. The van der Waals surface area contributed by atoms with Gasteiger partial charge in [-0.3, -0.25) is 0 Å². The lowest BCUT2D eigenvalue weighted by atomic mass is 9.90. The van der Waals surface area contributed by atoms with E-state index in [0.29, 0.717) is 17.3 Å². The van der Waals surface area contributed by atoms with E-state index in [2.05, 4.69) is 0 Å². The van der Waals surface area contributed by atoms with Crippen LogP contribution in [0, 0.1) is 6.92 Å². The first kappa shape index (κ1) is 12.5. The van der Waals surface area contributed by atoms with Gasteiger partial charge in [0.15, 0.2) is 11.5 Å². The van der Waals surface area contributed by atoms with Gasteiger partial charge in [-0.2, -0.15) is 0 Å². The van der Waals surface area contributed by atoms with Crippen molar-refractivity contribution in [2.45, 2.75) is 25.2 Å². The van der Waals surface area contributed by atoms with E-state index in [9.17, 15) is 0 Å². The zero-order valence-electron chi connectivity index (χ0n) is 10.5. The van der Waals surface area contributed by atoms with Gasteiger partial charge in [0.1, 0.15) is 0 Å². The Bertz CT molecular complexity index is 442. The summed E-state index contributed by atoms with van der Waals surface area (Å²) in [5.74, 6) is 1.45. The van der Waals surface area contributed by atoms with Gasteiger partial charge in [-0.15, -0.1) is 0 Å². The topological polar surface area (TPSA) is 44.5 Å².